The number of aryl methyl sites for hydroxylation is 1. The molecule has 0 aliphatic carbocycles. The van der Waals surface area contributed by atoms with Gasteiger partial charge in [0.2, 0.25) is 5.91 Å². The summed E-state index contributed by atoms with van der Waals surface area (Å²) in [6.45, 7) is 2.13. The molecule has 1 heterocycles. The molecule has 2 aromatic carbocycles. The van der Waals surface area contributed by atoms with Crippen molar-refractivity contribution in [2.45, 2.75) is 18.6 Å². The maximum absolute atomic E-state index is 13.2. The van der Waals surface area contributed by atoms with Crippen LogP contribution in [0.2, 0.25) is 5.02 Å². The lowest BCUT2D eigenvalue weighted by Gasteiger charge is -2.07. The number of anilines is 1. The number of hydrogen-bond donors (Lipinski definition) is 2. The highest BCUT2D eigenvalue weighted by Gasteiger charge is 2.13. The van der Waals surface area contributed by atoms with Gasteiger partial charge < -0.3 is 15.2 Å². The van der Waals surface area contributed by atoms with E-state index in [9.17, 15) is 14.0 Å². The fourth-order valence-electron chi connectivity index (χ4n) is 2.57. The Bertz CT molecular complexity index is 1090. The molecule has 2 N–H and O–H groups in total. The van der Waals surface area contributed by atoms with E-state index in [0.717, 1.165) is 5.56 Å². The Morgan fingerprint density at radius 3 is 2.73 bits per heavy atom. The largest absolute Gasteiger partial charge is 0.345 e. The lowest BCUT2D eigenvalue weighted by molar-refractivity contribution is -0.113. The third kappa shape index (κ3) is 5.58. The van der Waals surface area contributed by atoms with Gasteiger partial charge in [-0.15, -0.1) is 10.2 Å². The predicted octanol–water partition coefficient (Wildman–Crippen LogP) is 3.58. The van der Waals surface area contributed by atoms with Crippen molar-refractivity contribution in [2.24, 2.45) is 7.05 Å². The summed E-state index contributed by atoms with van der Waals surface area (Å²) in [7, 11) is 1.76. The first-order valence-corrected chi connectivity index (χ1v) is 10.3. The number of carbonyl (C=O) groups is 2. The summed E-state index contributed by atoms with van der Waals surface area (Å²) in [5.41, 5.74) is 1.98. The van der Waals surface area contributed by atoms with Crippen LogP contribution in [0, 0.1) is 12.7 Å². The minimum atomic E-state index is -0.551. The summed E-state index contributed by atoms with van der Waals surface area (Å²) < 4.78 is 14.9. The number of halogens is 2. The highest BCUT2D eigenvalue weighted by molar-refractivity contribution is 7.99. The molecule has 0 aliphatic rings. The average Bonchev–Trinajstić information content (AvgIpc) is 3.07. The topological polar surface area (TPSA) is 88.9 Å². The van der Waals surface area contributed by atoms with Crippen LogP contribution in [-0.2, 0) is 18.4 Å². The van der Waals surface area contributed by atoms with Crippen LogP contribution in [-0.4, -0.2) is 32.3 Å². The lowest BCUT2D eigenvalue weighted by Crippen LogP contribution is -2.24. The van der Waals surface area contributed by atoms with Crippen molar-refractivity contribution < 1.29 is 14.0 Å². The molecule has 1 aromatic heterocycles. The average molecular weight is 448 g/mol. The fourth-order valence-corrected chi connectivity index (χ4v) is 3.48. The van der Waals surface area contributed by atoms with Crippen molar-refractivity contribution in [3.63, 3.8) is 0 Å². The van der Waals surface area contributed by atoms with Crippen molar-refractivity contribution in [1.29, 1.82) is 0 Å². The summed E-state index contributed by atoms with van der Waals surface area (Å²) in [4.78, 5) is 24.4. The van der Waals surface area contributed by atoms with E-state index < -0.39 is 5.82 Å². The number of amides is 2. The van der Waals surface area contributed by atoms with E-state index in [2.05, 4.69) is 20.8 Å². The summed E-state index contributed by atoms with van der Waals surface area (Å²) in [6.07, 6.45) is 0. The molecule has 30 heavy (non-hydrogen) atoms. The maximum atomic E-state index is 13.2. The van der Waals surface area contributed by atoms with Gasteiger partial charge in [-0.25, -0.2) is 4.39 Å². The zero-order chi connectivity index (χ0) is 21.7. The van der Waals surface area contributed by atoms with Crippen molar-refractivity contribution in [3.05, 3.63) is 70.3 Å². The minimum absolute atomic E-state index is 0.0638. The molecule has 156 valence electrons. The molecular weight excluding hydrogens is 429 g/mol. The van der Waals surface area contributed by atoms with Crippen LogP contribution in [0.15, 0.2) is 47.6 Å². The fraction of sp³-hybridized carbons (Fsp3) is 0.200. The molecule has 0 saturated carbocycles. The Kier molecular flexibility index (Phi) is 7.07. The Balaban J connectivity index is 1.52. The molecule has 7 nitrogen and oxygen atoms in total. The molecule has 0 unspecified atom stereocenters. The first-order valence-electron chi connectivity index (χ1n) is 8.94. The van der Waals surface area contributed by atoms with Crippen molar-refractivity contribution in [2.75, 3.05) is 11.1 Å². The summed E-state index contributed by atoms with van der Waals surface area (Å²) in [6, 6.07) is 11.3. The molecule has 0 spiro atoms. The molecule has 3 rings (SSSR count). The van der Waals surface area contributed by atoms with Crippen LogP contribution in [0.1, 0.15) is 21.7 Å². The van der Waals surface area contributed by atoms with E-state index in [0.29, 0.717) is 22.2 Å². The van der Waals surface area contributed by atoms with Gasteiger partial charge in [0.1, 0.15) is 5.82 Å². The number of nitrogens with zero attached hydrogens (tertiary/aromatic N) is 3. The number of thioether (sulfide) groups is 1. The highest BCUT2D eigenvalue weighted by Crippen LogP contribution is 2.20. The Morgan fingerprint density at radius 1 is 1.20 bits per heavy atom. The Morgan fingerprint density at radius 2 is 2.00 bits per heavy atom. The predicted molar refractivity (Wildman–Crippen MR) is 114 cm³/mol. The molecule has 0 fully saturated rings. The SMILES string of the molecule is Cc1cccc(C(=O)NCc2nnc(SCC(=O)Nc3ccc(F)c(Cl)c3)n2C)c1. The molecule has 2 amide bonds. The van der Waals surface area contributed by atoms with E-state index in [1.807, 2.05) is 19.1 Å². The summed E-state index contributed by atoms with van der Waals surface area (Å²) in [5.74, 6) is -0.404. The molecule has 3 aromatic rings. The van der Waals surface area contributed by atoms with Gasteiger partial charge in [0.15, 0.2) is 11.0 Å². The zero-order valence-electron chi connectivity index (χ0n) is 16.3. The first kappa shape index (κ1) is 21.8. The maximum Gasteiger partial charge on any atom is 0.251 e. The van der Waals surface area contributed by atoms with Crippen LogP contribution in [0.3, 0.4) is 0 Å². The summed E-state index contributed by atoms with van der Waals surface area (Å²) >= 11 is 6.90. The number of hydrogen-bond acceptors (Lipinski definition) is 5. The summed E-state index contributed by atoms with van der Waals surface area (Å²) in [5, 5.41) is 14.0. The van der Waals surface area contributed by atoms with Gasteiger partial charge in [-0.1, -0.05) is 41.1 Å². The van der Waals surface area contributed by atoms with Gasteiger partial charge in [-0.2, -0.15) is 0 Å². The van der Waals surface area contributed by atoms with Gasteiger partial charge in [0, 0.05) is 18.3 Å². The van der Waals surface area contributed by atoms with E-state index in [-0.39, 0.29) is 29.1 Å². The van der Waals surface area contributed by atoms with Crippen LogP contribution in [0.4, 0.5) is 10.1 Å². The van der Waals surface area contributed by atoms with Gasteiger partial charge in [0.25, 0.3) is 5.91 Å². The van der Waals surface area contributed by atoms with Crippen LogP contribution in [0.25, 0.3) is 0 Å². The zero-order valence-corrected chi connectivity index (χ0v) is 17.9. The minimum Gasteiger partial charge on any atom is -0.345 e. The van der Waals surface area contributed by atoms with E-state index in [1.165, 1.54) is 30.0 Å². The molecule has 0 atom stereocenters. The molecule has 0 radical (unpaired) electrons. The molecular formula is C20H19ClFN5O2S. The normalized spacial score (nSPS) is 10.7. The van der Waals surface area contributed by atoms with Gasteiger partial charge >= 0.3 is 0 Å². The van der Waals surface area contributed by atoms with Crippen LogP contribution < -0.4 is 10.6 Å². The second-order valence-electron chi connectivity index (χ2n) is 6.48. The standard InChI is InChI=1S/C20H19ClFN5O2S/c1-12-4-3-5-13(8-12)19(29)23-10-17-25-26-20(27(17)2)30-11-18(28)24-14-6-7-16(22)15(21)9-14/h3-9H,10-11H2,1-2H3,(H,23,29)(H,24,28). The van der Waals surface area contributed by atoms with E-state index in [4.69, 9.17) is 11.6 Å². The highest BCUT2D eigenvalue weighted by atomic mass is 35.5. The van der Waals surface area contributed by atoms with Crippen molar-refractivity contribution in [3.8, 4) is 0 Å². The van der Waals surface area contributed by atoms with Crippen LogP contribution in [0.5, 0.6) is 0 Å². The third-order valence-electron chi connectivity index (χ3n) is 4.15. The third-order valence-corrected chi connectivity index (χ3v) is 5.46. The molecule has 0 aliphatic heterocycles. The monoisotopic (exact) mass is 447 g/mol. The van der Waals surface area contributed by atoms with E-state index in [1.54, 1.807) is 23.7 Å². The van der Waals surface area contributed by atoms with Crippen molar-refractivity contribution in [1.82, 2.24) is 20.1 Å². The quantitative estimate of drug-likeness (QED) is 0.540. The Labute approximate surface area is 182 Å². The van der Waals surface area contributed by atoms with Gasteiger partial charge in [0.05, 0.1) is 17.3 Å². The molecule has 0 bridgehead atoms. The number of carbonyl (C=O) groups excluding carboxylic acids is 2. The number of nitrogens with one attached hydrogen (secondary N) is 2. The van der Waals surface area contributed by atoms with Gasteiger partial charge in [-0.05, 0) is 37.3 Å². The van der Waals surface area contributed by atoms with E-state index >= 15 is 0 Å². The molecule has 0 saturated heterocycles. The smallest absolute Gasteiger partial charge is 0.251 e. The number of aromatic nitrogens is 3. The van der Waals surface area contributed by atoms with Gasteiger partial charge in [-0.3, -0.25) is 9.59 Å². The first-order chi connectivity index (χ1) is 14.3. The van der Waals surface area contributed by atoms with Crippen molar-refractivity contribution >= 4 is 40.9 Å². The number of rotatable bonds is 7. The molecule has 10 heteroatoms. The van der Waals surface area contributed by atoms with Crippen LogP contribution >= 0.6 is 23.4 Å². The second-order valence-corrected chi connectivity index (χ2v) is 7.83. The Hall–Kier alpha value is -2.91. The lowest BCUT2D eigenvalue weighted by atomic mass is 10.1. The number of benzene rings is 2. The second kappa shape index (κ2) is 9.73.